The Hall–Kier alpha value is -4.97. The quantitative estimate of drug-likeness (QED) is 0.220. The first-order valence-electron chi connectivity index (χ1n) is 15.5. The molecule has 1 spiro atoms. The minimum Gasteiger partial charge on any atom is -0.469 e. The minimum absolute atomic E-state index is 0.0847. The van der Waals surface area contributed by atoms with Crippen LogP contribution in [-0.2, 0) is 21.4 Å². The number of hydrogen-bond donors (Lipinski definition) is 4. The molecule has 12 nitrogen and oxygen atoms in total. The lowest BCUT2D eigenvalue weighted by Crippen LogP contribution is -2.55. The zero-order valence-electron chi connectivity index (χ0n) is 25.9. The number of oxazole rings is 2. The largest absolute Gasteiger partial charge is 0.469 e. The summed E-state index contributed by atoms with van der Waals surface area (Å²) in [6, 6.07) is 11.7. The van der Waals surface area contributed by atoms with E-state index in [9.17, 15) is 19.5 Å². The van der Waals surface area contributed by atoms with Crippen LogP contribution in [0.25, 0.3) is 11.6 Å². The SMILES string of the molecule is CCC(O)(CC)C(=O)N[C@H]1Cc2ccc3c(c2)C2(c4ccccc4NC2O3)c2oc(nc2-c2nc(C=O)co2)[C@H](C(C)C)NC1=O. The van der Waals surface area contributed by atoms with Crippen LogP contribution in [-0.4, -0.2) is 51.0 Å². The van der Waals surface area contributed by atoms with E-state index >= 15 is 0 Å². The third kappa shape index (κ3) is 4.34. The van der Waals surface area contributed by atoms with Crippen molar-refractivity contribution in [3.8, 4) is 17.3 Å². The van der Waals surface area contributed by atoms with Crippen LogP contribution in [0.1, 0.15) is 85.4 Å². The molecule has 2 unspecified atom stereocenters. The van der Waals surface area contributed by atoms with Crippen molar-refractivity contribution >= 4 is 23.8 Å². The average Bonchev–Trinajstić information content (AvgIpc) is 3.83. The zero-order valence-corrected chi connectivity index (χ0v) is 25.9. The lowest BCUT2D eigenvalue weighted by Gasteiger charge is -2.30. The normalized spacial score (nSPS) is 22.9. The molecule has 0 radical (unpaired) electrons. The fourth-order valence-electron chi connectivity index (χ4n) is 6.76. The number of carbonyl (C=O) groups is 3. The average molecular weight is 626 g/mol. The molecule has 4 bridgehead atoms. The molecule has 0 saturated carbocycles. The minimum atomic E-state index is -1.62. The van der Waals surface area contributed by atoms with Crippen molar-refractivity contribution < 1.29 is 33.1 Å². The van der Waals surface area contributed by atoms with E-state index in [2.05, 4.69) is 20.9 Å². The van der Waals surface area contributed by atoms with Gasteiger partial charge in [0.25, 0.3) is 5.91 Å². The molecule has 0 fully saturated rings. The Morgan fingerprint density at radius 3 is 2.65 bits per heavy atom. The smallest absolute Gasteiger partial charge is 0.252 e. The highest BCUT2D eigenvalue weighted by atomic mass is 16.5. The van der Waals surface area contributed by atoms with E-state index < -0.39 is 41.1 Å². The Kier molecular flexibility index (Phi) is 7.00. The van der Waals surface area contributed by atoms with Gasteiger partial charge in [-0.2, -0.15) is 0 Å². The van der Waals surface area contributed by atoms with Crippen molar-refractivity contribution in [1.82, 2.24) is 20.6 Å². The summed E-state index contributed by atoms with van der Waals surface area (Å²) >= 11 is 0. The lowest BCUT2D eigenvalue weighted by molar-refractivity contribution is -0.143. The number of benzene rings is 2. The van der Waals surface area contributed by atoms with Gasteiger partial charge in [-0.3, -0.25) is 14.4 Å². The number of amides is 2. The molecule has 46 heavy (non-hydrogen) atoms. The van der Waals surface area contributed by atoms with Crippen LogP contribution in [0.15, 0.2) is 57.6 Å². The van der Waals surface area contributed by atoms with Gasteiger partial charge in [0, 0.05) is 17.7 Å². The van der Waals surface area contributed by atoms with E-state index in [1.165, 1.54) is 6.26 Å². The number of hydrogen-bond acceptors (Lipinski definition) is 10. The highest BCUT2D eigenvalue weighted by Crippen LogP contribution is 2.59. The number of para-hydroxylation sites is 1. The third-order valence-electron chi connectivity index (χ3n) is 9.48. The highest BCUT2D eigenvalue weighted by Gasteiger charge is 2.61. The number of rotatable bonds is 7. The van der Waals surface area contributed by atoms with Crippen LogP contribution >= 0.6 is 0 Å². The molecule has 3 aliphatic heterocycles. The molecule has 4 N–H and O–H groups in total. The van der Waals surface area contributed by atoms with Crippen LogP contribution in [0.5, 0.6) is 5.75 Å². The van der Waals surface area contributed by atoms with E-state index in [1.54, 1.807) is 13.8 Å². The Morgan fingerprint density at radius 1 is 1.15 bits per heavy atom. The Balaban J connectivity index is 1.48. The summed E-state index contributed by atoms with van der Waals surface area (Å²) in [5.74, 6) is 0.0100. The Labute approximate surface area is 264 Å². The third-order valence-corrected chi connectivity index (χ3v) is 9.48. The number of nitrogens with one attached hydrogen (secondary N) is 3. The summed E-state index contributed by atoms with van der Waals surface area (Å²) in [6.45, 7) is 7.30. The van der Waals surface area contributed by atoms with E-state index in [0.29, 0.717) is 17.8 Å². The number of aliphatic hydroxyl groups is 1. The molecular formula is C34H35N5O7. The van der Waals surface area contributed by atoms with Crippen molar-refractivity contribution in [2.24, 2.45) is 5.92 Å². The van der Waals surface area contributed by atoms with Gasteiger partial charge in [0.05, 0.1) is 0 Å². The van der Waals surface area contributed by atoms with E-state index in [-0.39, 0.29) is 48.3 Å². The van der Waals surface area contributed by atoms with Crippen LogP contribution in [0, 0.1) is 5.92 Å². The maximum Gasteiger partial charge on any atom is 0.252 e. The molecule has 4 aromatic rings. The monoisotopic (exact) mass is 625 g/mol. The molecule has 238 valence electrons. The van der Waals surface area contributed by atoms with Crippen molar-refractivity contribution in [2.75, 3.05) is 5.32 Å². The maximum atomic E-state index is 14.0. The molecule has 4 atom stereocenters. The predicted molar refractivity (Wildman–Crippen MR) is 165 cm³/mol. The van der Waals surface area contributed by atoms with Gasteiger partial charge in [-0.25, -0.2) is 9.97 Å². The molecule has 7 rings (SSSR count). The first kappa shape index (κ1) is 29.7. The standard InChI is InChI=1S/C34H35N5O7/c1-5-33(43,6-2)31(42)36-23-14-18-11-12-24-21(13-18)34(20-9-7-8-10-22(20)37-32(34)45-24)27-26(29-35-19(15-40)16-44-29)39-30(46-27)25(17(3)4)38-28(23)41/h7-13,15-17,23,25,32,37,43H,5-6,14H2,1-4H3,(H,36,42)(H,38,41)/t23-,25-,32?,34?/m0/s1. The number of nitrogens with zero attached hydrogens (tertiary/aromatic N) is 2. The van der Waals surface area contributed by atoms with Gasteiger partial charge in [0.1, 0.15) is 40.8 Å². The fourth-order valence-corrected chi connectivity index (χ4v) is 6.76. The molecule has 12 heteroatoms. The number of aromatic nitrogens is 2. The van der Waals surface area contributed by atoms with Crippen LogP contribution in [0.2, 0.25) is 0 Å². The molecule has 2 aromatic heterocycles. The molecule has 0 aliphatic carbocycles. The van der Waals surface area contributed by atoms with Gasteiger partial charge < -0.3 is 34.6 Å². The number of carbonyl (C=O) groups excluding carboxylic acids is 3. The Morgan fingerprint density at radius 2 is 1.93 bits per heavy atom. The summed E-state index contributed by atoms with van der Waals surface area (Å²) in [7, 11) is 0. The first-order valence-corrected chi connectivity index (χ1v) is 15.5. The zero-order chi connectivity index (χ0) is 32.4. The van der Waals surface area contributed by atoms with Crippen molar-refractivity contribution in [3.63, 3.8) is 0 Å². The van der Waals surface area contributed by atoms with E-state index in [4.69, 9.17) is 18.6 Å². The van der Waals surface area contributed by atoms with Crippen LogP contribution in [0.3, 0.4) is 0 Å². The van der Waals surface area contributed by atoms with Gasteiger partial charge in [-0.15, -0.1) is 0 Å². The summed E-state index contributed by atoms with van der Waals surface area (Å²) in [4.78, 5) is 48.2. The molecular weight excluding hydrogens is 590 g/mol. The maximum absolute atomic E-state index is 14.0. The number of aldehydes is 1. The summed E-state index contributed by atoms with van der Waals surface area (Å²) in [5, 5.41) is 20.4. The van der Waals surface area contributed by atoms with Gasteiger partial charge >= 0.3 is 0 Å². The molecule has 0 saturated heterocycles. The highest BCUT2D eigenvalue weighted by molar-refractivity contribution is 5.91. The molecule has 3 aliphatic rings. The van der Waals surface area contributed by atoms with Gasteiger partial charge in [0.2, 0.25) is 17.7 Å². The van der Waals surface area contributed by atoms with Gasteiger partial charge in [-0.1, -0.05) is 58.0 Å². The van der Waals surface area contributed by atoms with Crippen molar-refractivity contribution in [1.29, 1.82) is 0 Å². The second kappa shape index (κ2) is 10.8. The lowest BCUT2D eigenvalue weighted by atomic mass is 9.72. The van der Waals surface area contributed by atoms with Crippen LogP contribution in [0.4, 0.5) is 5.69 Å². The Bertz CT molecular complexity index is 1860. The fraction of sp³-hybridized carbons (Fsp3) is 0.382. The summed E-state index contributed by atoms with van der Waals surface area (Å²) < 4.78 is 19.1. The van der Waals surface area contributed by atoms with Gasteiger partial charge in [0.15, 0.2) is 24.0 Å². The van der Waals surface area contributed by atoms with Gasteiger partial charge in [-0.05, 0) is 42.0 Å². The first-order chi connectivity index (χ1) is 22.1. The topological polar surface area (TPSA) is 169 Å². The number of fused-ring (bicyclic) bond motifs is 4. The number of ether oxygens (including phenoxy) is 1. The summed E-state index contributed by atoms with van der Waals surface area (Å²) in [5.41, 5.74) is 0.935. The second-order valence-corrected chi connectivity index (χ2v) is 12.5. The molecule has 5 heterocycles. The van der Waals surface area contributed by atoms with Crippen molar-refractivity contribution in [2.45, 2.75) is 76.3 Å². The van der Waals surface area contributed by atoms with Crippen molar-refractivity contribution in [3.05, 3.63) is 82.8 Å². The molecule has 2 amide bonds. The van der Waals surface area contributed by atoms with Crippen LogP contribution < -0.4 is 20.7 Å². The second-order valence-electron chi connectivity index (χ2n) is 12.5. The van der Waals surface area contributed by atoms with E-state index in [0.717, 1.165) is 22.4 Å². The van der Waals surface area contributed by atoms with E-state index in [1.807, 2.05) is 56.3 Å². The predicted octanol–water partition coefficient (Wildman–Crippen LogP) is 4.03. The summed E-state index contributed by atoms with van der Waals surface area (Å²) in [6.07, 6.45) is 1.75. The number of anilines is 1. The molecule has 2 aromatic carbocycles.